The molecule has 0 amide bonds. The highest BCUT2D eigenvalue weighted by Gasteiger charge is 2.22. The Labute approximate surface area is 181 Å². The molecule has 1 N–H and O–H groups in total. The zero-order valence-electron chi connectivity index (χ0n) is 18.1. The summed E-state index contributed by atoms with van der Waals surface area (Å²) in [6.07, 6.45) is 4.40. The average Bonchev–Trinajstić information content (AvgIpc) is 2.80. The van der Waals surface area contributed by atoms with Crippen LogP contribution in [-0.4, -0.2) is 49.7 Å². The summed E-state index contributed by atoms with van der Waals surface area (Å²) in [5.74, 6) is 1.99. The Morgan fingerprint density at radius 3 is 2.40 bits per heavy atom. The maximum atomic E-state index is 6.11. The molecular formula is C25H35N3O2. The number of unbranched alkanes of at least 4 members (excludes halogenated alkanes) is 1. The highest BCUT2D eigenvalue weighted by molar-refractivity contribution is 5.80. The molecule has 1 heterocycles. The summed E-state index contributed by atoms with van der Waals surface area (Å²) in [4.78, 5) is 7.20. The number of rotatable bonds is 10. The predicted octanol–water partition coefficient (Wildman–Crippen LogP) is 4.49. The van der Waals surface area contributed by atoms with Gasteiger partial charge in [0.05, 0.1) is 6.61 Å². The molecule has 0 radical (unpaired) electrons. The smallest absolute Gasteiger partial charge is 0.193 e. The molecule has 162 valence electrons. The molecule has 1 fully saturated rings. The fourth-order valence-corrected chi connectivity index (χ4v) is 3.57. The van der Waals surface area contributed by atoms with Gasteiger partial charge in [-0.3, -0.25) is 4.99 Å². The molecule has 1 aliphatic rings. The van der Waals surface area contributed by atoms with Crippen LogP contribution in [0, 0.1) is 0 Å². The minimum absolute atomic E-state index is 0.285. The third kappa shape index (κ3) is 7.71. The van der Waals surface area contributed by atoms with Crippen LogP contribution < -0.4 is 10.1 Å². The van der Waals surface area contributed by atoms with E-state index in [-0.39, 0.29) is 6.10 Å². The highest BCUT2D eigenvalue weighted by atomic mass is 16.5. The summed E-state index contributed by atoms with van der Waals surface area (Å²) in [5.41, 5.74) is 1.23. The first kappa shape index (κ1) is 22.2. The number of guanidine groups is 1. The van der Waals surface area contributed by atoms with Gasteiger partial charge in [-0.25, -0.2) is 0 Å². The fourth-order valence-electron chi connectivity index (χ4n) is 3.57. The summed E-state index contributed by atoms with van der Waals surface area (Å²) in [6.45, 7) is 7.26. The lowest BCUT2D eigenvalue weighted by molar-refractivity contribution is 0.117. The quantitative estimate of drug-likeness (QED) is 0.357. The van der Waals surface area contributed by atoms with E-state index < -0.39 is 0 Å². The van der Waals surface area contributed by atoms with Crippen molar-refractivity contribution in [2.45, 2.75) is 45.3 Å². The number of likely N-dealkylation sites (tertiary alicyclic amines) is 1. The number of benzene rings is 2. The van der Waals surface area contributed by atoms with E-state index in [0.29, 0.717) is 6.61 Å². The summed E-state index contributed by atoms with van der Waals surface area (Å²) in [6, 6.07) is 20.4. The summed E-state index contributed by atoms with van der Waals surface area (Å²) in [5, 5.41) is 3.44. The lowest BCUT2D eigenvalue weighted by Gasteiger charge is -2.34. The van der Waals surface area contributed by atoms with Gasteiger partial charge in [0.25, 0.3) is 0 Å². The molecule has 0 aromatic heterocycles. The van der Waals surface area contributed by atoms with E-state index in [0.717, 1.165) is 70.2 Å². The van der Waals surface area contributed by atoms with Crippen molar-refractivity contribution in [3.8, 4) is 5.75 Å². The van der Waals surface area contributed by atoms with Crippen molar-refractivity contribution >= 4 is 5.96 Å². The molecule has 0 atom stereocenters. The molecular weight excluding hydrogens is 374 g/mol. The molecule has 5 heteroatoms. The van der Waals surface area contributed by atoms with E-state index in [1.165, 1.54) is 5.56 Å². The topological polar surface area (TPSA) is 46.1 Å². The van der Waals surface area contributed by atoms with Crippen LogP contribution in [0.4, 0.5) is 0 Å². The van der Waals surface area contributed by atoms with Gasteiger partial charge < -0.3 is 19.7 Å². The molecule has 30 heavy (non-hydrogen) atoms. The van der Waals surface area contributed by atoms with Crippen molar-refractivity contribution < 1.29 is 9.47 Å². The van der Waals surface area contributed by atoms with Crippen molar-refractivity contribution in [3.05, 3.63) is 66.2 Å². The molecule has 2 aromatic rings. The number of aliphatic imine (C=N–C) groups is 1. The van der Waals surface area contributed by atoms with E-state index in [1.807, 2.05) is 48.5 Å². The van der Waals surface area contributed by atoms with Crippen LogP contribution in [0.2, 0.25) is 0 Å². The fraction of sp³-hybridized carbons (Fsp3) is 0.480. The van der Waals surface area contributed by atoms with Gasteiger partial charge in [0.1, 0.15) is 11.9 Å². The number of hydrogen-bond donors (Lipinski definition) is 1. The van der Waals surface area contributed by atoms with E-state index >= 15 is 0 Å². The number of hydrogen-bond acceptors (Lipinski definition) is 3. The Hall–Kier alpha value is -2.53. The molecule has 3 rings (SSSR count). The lowest BCUT2D eigenvalue weighted by atomic mass is 10.1. The molecule has 0 saturated carbocycles. The maximum absolute atomic E-state index is 6.11. The van der Waals surface area contributed by atoms with E-state index in [9.17, 15) is 0 Å². The second kappa shape index (κ2) is 12.9. The Morgan fingerprint density at radius 2 is 1.70 bits per heavy atom. The molecule has 2 aromatic carbocycles. The van der Waals surface area contributed by atoms with Crippen LogP contribution in [0.5, 0.6) is 5.75 Å². The van der Waals surface area contributed by atoms with Crippen LogP contribution in [-0.2, 0) is 11.3 Å². The SMILES string of the molecule is CCNC(=NCCCCOCc1ccccc1)N1CCC(Oc2ccccc2)CC1. The minimum atomic E-state index is 0.285. The lowest BCUT2D eigenvalue weighted by Crippen LogP contribution is -2.47. The Balaban J connectivity index is 1.34. The first-order valence-electron chi connectivity index (χ1n) is 11.2. The van der Waals surface area contributed by atoms with E-state index in [1.54, 1.807) is 0 Å². The normalized spacial score (nSPS) is 15.2. The van der Waals surface area contributed by atoms with Crippen LogP contribution in [0.15, 0.2) is 65.7 Å². The van der Waals surface area contributed by atoms with E-state index in [4.69, 9.17) is 14.5 Å². The van der Waals surface area contributed by atoms with Gasteiger partial charge in [-0.1, -0.05) is 48.5 Å². The second-order valence-electron chi connectivity index (χ2n) is 7.60. The van der Waals surface area contributed by atoms with Crippen molar-refractivity contribution in [1.29, 1.82) is 0 Å². The maximum Gasteiger partial charge on any atom is 0.193 e. The molecule has 0 bridgehead atoms. The first-order valence-corrected chi connectivity index (χ1v) is 11.2. The standard InChI is InChI=1S/C25H35N3O2/c1-2-26-25(27-17-9-10-20-29-21-22-11-5-3-6-12-22)28-18-15-24(16-19-28)30-23-13-7-4-8-14-23/h3-8,11-14,24H,2,9-10,15-21H2,1H3,(H,26,27). The van der Waals surface area contributed by atoms with Gasteiger partial charge >= 0.3 is 0 Å². The second-order valence-corrected chi connectivity index (χ2v) is 7.60. The zero-order valence-corrected chi connectivity index (χ0v) is 18.1. The summed E-state index contributed by atoms with van der Waals surface area (Å²) in [7, 11) is 0. The number of ether oxygens (including phenoxy) is 2. The zero-order chi connectivity index (χ0) is 20.9. The molecule has 0 aliphatic carbocycles. The third-order valence-corrected chi connectivity index (χ3v) is 5.19. The molecule has 1 saturated heterocycles. The largest absolute Gasteiger partial charge is 0.490 e. The molecule has 1 aliphatic heterocycles. The molecule has 0 spiro atoms. The van der Waals surface area contributed by atoms with Crippen LogP contribution in [0.3, 0.4) is 0 Å². The van der Waals surface area contributed by atoms with Gasteiger partial charge in [0, 0.05) is 45.6 Å². The first-order chi connectivity index (χ1) is 14.8. The Morgan fingerprint density at radius 1 is 1.00 bits per heavy atom. The predicted molar refractivity (Wildman–Crippen MR) is 123 cm³/mol. The highest BCUT2D eigenvalue weighted by Crippen LogP contribution is 2.18. The Kier molecular flexibility index (Phi) is 9.54. The van der Waals surface area contributed by atoms with Crippen LogP contribution >= 0.6 is 0 Å². The minimum Gasteiger partial charge on any atom is -0.490 e. The average molecular weight is 410 g/mol. The van der Waals surface area contributed by atoms with Crippen molar-refractivity contribution in [2.24, 2.45) is 4.99 Å². The van der Waals surface area contributed by atoms with Crippen molar-refractivity contribution in [3.63, 3.8) is 0 Å². The van der Waals surface area contributed by atoms with Crippen LogP contribution in [0.1, 0.15) is 38.2 Å². The van der Waals surface area contributed by atoms with Gasteiger partial charge in [0.15, 0.2) is 5.96 Å². The summed E-state index contributed by atoms with van der Waals surface area (Å²) < 4.78 is 11.9. The molecule has 5 nitrogen and oxygen atoms in total. The van der Waals surface area contributed by atoms with Crippen LogP contribution in [0.25, 0.3) is 0 Å². The van der Waals surface area contributed by atoms with Crippen molar-refractivity contribution in [2.75, 3.05) is 32.8 Å². The number of para-hydroxylation sites is 1. The van der Waals surface area contributed by atoms with E-state index in [2.05, 4.69) is 29.3 Å². The summed E-state index contributed by atoms with van der Waals surface area (Å²) >= 11 is 0. The number of nitrogens with zero attached hydrogens (tertiary/aromatic N) is 2. The number of piperidine rings is 1. The number of nitrogens with one attached hydrogen (secondary N) is 1. The van der Waals surface area contributed by atoms with Gasteiger partial charge in [0.2, 0.25) is 0 Å². The Bertz CT molecular complexity index is 729. The van der Waals surface area contributed by atoms with Gasteiger partial charge in [-0.15, -0.1) is 0 Å². The third-order valence-electron chi connectivity index (χ3n) is 5.19. The molecule has 0 unspecified atom stereocenters. The van der Waals surface area contributed by atoms with Gasteiger partial charge in [-0.2, -0.15) is 0 Å². The monoisotopic (exact) mass is 409 g/mol. The van der Waals surface area contributed by atoms with Crippen molar-refractivity contribution in [1.82, 2.24) is 10.2 Å². The van der Waals surface area contributed by atoms with Gasteiger partial charge in [-0.05, 0) is 37.5 Å².